The molecule has 0 aliphatic rings. The van der Waals surface area contributed by atoms with Crippen LogP contribution in [0.2, 0.25) is 0 Å². The molecule has 0 spiro atoms. The molecule has 1 rings (SSSR count). The van der Waals surface area contributed by atoms with Crippen LogP contribution in [0.1, 0.15) is 19.4 Å². The van der Waals surface area contributed by atoms with Gasteiger partial charge in [0.1, 0.15) is 0 Å². The summed E-state index contributed by atoms with van der Waals surface area (Å²) < 4.78 is 0. The highest BCUT2D eigenvalue weighted by molar-refractivity contribution is 5.34. The number of nitro benzene ring substituents is 1. The molecular formula is C13H21N3O2. The number of nitrogens with zero attached hydrogens (tertiary/aromatic N) is 1. The quantitative estimate of drug-likeness (QED) is 0.571. The molecule has 0 aliphatic carbocycles. The maximum atomic E-state index is 10.7. The van der Waals surface area contributed by atoms with Gasteiger partial charge in [-0.1, -0.05) is 26.0 Å². The molecule has 100 valence electrons. The number of nitrogens with two attached hydrogens (primary N) is 1. The van der Waals surface area contributed by atoms with E-state index in [9.17, 15) is 10.1 Å². The summed E-state index contributed by atoms with van der Waals surface area (Å²) in [6, 6.07) is 7.09. The van der Waals surface area contributed by atoms with Gasteiger partial charge in [-0.3, -0.25) is 10.1 Å². The number of hydrogen-bond acceptors (Lipinski definition) is 4. The lowest BCUT2D eigenvalue weighted by molar-refractivity contribution is -0.384. The van der Waals surface area contributed by atoms with E-state index in [-0.39, 0.29) is 16.7 Å². The van der Waals surface area contributed by atoms with E-state index < -0.39 is 0 Å². The van der Waals surface area contributed by atoms with Crippen molar-refractivity contribution in [2.75, 3.05) is 13.1 Å². The van der Waals surface area contributed by atoms with Crippen LogP contribution in [0.25, 0.3) is 0 Å². The van der Waals surface area contributed by atoms with Crippen LogP contribution in [-0.2, 0) is 6.42 Å². The first-order chi connectivity index (χ1) is 8.54. The zero-order chi connectivity index (χ0) is 13.5. The van der Waals surface area contributed by atoms with Crippen molar-refractivity contribution in [3.8, 4) is 0 Å². The fourth-order valence-corrected chi connectivity index (χ4v) is 1.86. The molecule has 1 atom stereocenters. The second kappa shape index (κ2) is 7.08. The van der Waals surface area contributed by atoms with Gasteiger partial charge in [0, 0.05) is 31.3 Å². The highest BCUT2D eigenvalue weighted by Gasteiger charge is 2.14. The lowest BCUT2D eigenvalue weighted by atomic mass is 9.96. The summed E-state index contributed by atoms with van der Waals surface area (Å²) in [5.41, 5.74) is 6.61. The van der Waals surface area contributed by atoms with Gasteiger partial charge in [0.25, 0.3) is 5.69 Å². The molecule has 18 heavy (non-hydrogen) atoms. The molecule has 5 heteroatoms. The lowest BCUT2D eigenvalue weighted by Gasteiger charge is -2.22. The Kier molecular flexibility index (Phi) is 5.74. The van der Waals surface area contributed by atoms with Crippen molar-refractivity contribution >= 4 is 5.69 Å². The number of non-ortho nitro benzene ring substituents is 1. The van der Waals surface area contributed by atoms with Gasteiger partial charge in [0.05, 0.1) is 4.92 Å². The van der Waals surface area contributed by atoms with Gasteiger partial charge < -0.3 is 11.1 Å². The molecule has 0 saturated carbocycles. The van der Waals surface area contributed by atoms with Crippen molar-refractivity contribution in [1.29, 1.82) is 0 Å². The number of nitrogens with one attached hydrogen (secondary N) is 1. The molecule has 0 fully saturated rings. The van der Waals surface area contributed by atoms with Gasteiger partial charge in [-0.15, -0.1) is 0 Å². The minimum Gasteiger partial charge on any atom is -0.329 e. The van der Waals surface area contributed by atoms with E-state index in [1.165, 1.54) is 6.07 Å². The third-order valence-electron chi connectivity index (χ3n) is 2.93. The highest BCUT2D eigenvalue weighted by Crippen LogP contribution is 2.16. The number of rotatable bonds is 7. The van der Waals surface area contributed by atoms with E-state index in [1.54, 1.807) is 12.1 Å². The minimum atomic E-state index is -0.360. The first-order valence-electron chi connectivity index (χ1n) is 6.21. The van der Waals surface area contributed by atoms with Crippen LogP contribution in [0.5, 0.6) is 0 Å². The Morgan fingerprint density at radius 3 is 2.72 bits per heavy atom. The van der Waals surface area contributed by atoms with Gasteiger partial charge in [-0.2, -0.15) is 0 Å². The van der Waals surface area contributed by atoms with Crippen molar-refractivity contribution < 1.29 is 4.92 Å². The molecule has 3 N–H and O–H groups in total. The van der Waals surface area contributed by atoms with Gasteiger partial charge in [0.2, 0.25) is 0 Å². The van der Waals surface area contributed by atoms with Gasteiger partial charge in [-0.25, -0.2) is 0 Å². The summed E-state index contributed by atoms with van der Waals surface area (Å²) in [5, 5.41) is 14.1. The lowest BCUT2D eigenvalue weighted by Crippen LogP contribution is -2.38. The zero-order valence-electron chi connectivity index (χ0n) is 10.9. The Morgan fingerprint density at radius 1 is 1.44 bits per heavy atom. The van der Waals surface area contributed by atoms with E-state index in [1.807, 2.05) is 6.07 Å². The fourth-order valence-electron chi connectivity index (χ4n) is 1.86. The van der Waals surface area contributed by atoms with Crippen molar-refractivity contribution in [3.05, 3.63) is 39.9 Å². The number of hydrogen-bond donors (Lipinski definition) is 2. The molecular weight excluding hydrogens is 230 g/mol. The Hall–Kier alpha value is -1.46. The molecule has 0 bridgehead atoms. The van der Waals surface area contributed by atoms with Crippen LogP contribution in [0.3, 0.4) is 0 Å². The van der Waals surface area contributed by atoms with E-state index in [0.29, 0.717) is 12.5 Å². The molecule has 1 unspecified atom stereocenters. The summed E-state index contributed by atoms with van der Waals surface area (Å²) in [4.78, 5) is 10.4. The predicted octanol–water partition coefficient (Wildman–Crippen LogP) is 1.71. The Labute approximate surface area is 108 Å². The van der Waals surface area contributed by atoms with E-state index in [0.717, 1.165) is 18.5 Å². The van der Waals surface area contributed by atoms with Crippen LogP contribution >= 0.6 is 0 Å². The smallest absolute Gasteiger partial charge is 0.269 e. The summed E-state index contributed by atoms with van der Waals surface area (Å²) in [5.74, 6) is 0.454. The van der Waals surface area contributed by atoms with Crippen LogP contribution in [-0.4, -0.2) is 24.1 Å². The predicted molar refractivity (Wildman–Crippen MR) is 72.5 cm³/mol. The average Bonchev–Trinajstić information content (AvgIpc) is 2.34. The molecule has 0 radical (unpaired) electrons. The summed E-state index contributed by atoms with van der Waals surface area (Å²) in [6.45, 7) is 5.62. The van der Waals surface area contributed by atoms with E-state index in [2.05, 4.69) is 19.2 Å². The van der Waals surface area contributed by atoms with Crippen LogP contribution < -0.4 is 11.1 Å². The van der Waals surface area contributed by atoms with Crippen molar-refractivity contribution in [2.45, 2.75) is 26.3 Å². The monoisotopic (exact) mass is 251 g/mol. The Balaban J connectivity index is 2.73. The maximum absolute atomic E-state index is 10.7. The van der Waals surface area contributed by atoms with Crippen molar-refractivity contribution in [2.24, 2.45) is 11.7 Å². The molecule has 0 aromatic heterocycles. The zero-order valence-corrected chi connectivity index (χ0v) is 10.9. The largest absolute Gasteiger partial charge is 0.329 e. The van der Waals surface area contributed by atoms with Crippen LogP contribution in [0.4, 0.5) is 5.69 Å². The fraction of sp³-hybridized carbons (Fsp3) is 0.538. The molecule has 0 saturated heterocycles. The number of nitro groups is 1. The second-order valence-corrected chi connectivity index (χ2v) is 4.72. The summed E-state index contributed by atoms with van der Waals surface area (Å²) >= 11 is 0. The maximum Gasteiger partial charge on any atom is 0.269 e. The first kappa shape index (κ1) is 14.6. The Bertz CT molecular complexity index is 394. The van der Waals surface area contributed by atoms with E-state index in [4.69, 9.17) is 5.73 Å². The topological polar surface area (TPSA) is 81.2 Å². The third-order valence-corrected chi connectivity index (χ3v) is 2.93. The number of benzene rings is 1. The molecule has 1 aromatic carbocycles. The second-order valence-electron chi connectivity index (χ2n) is 4.72. The Morgan fingerprint density at radius 2 is 2.17 bits per heavy atom. The minimum absolute atomic E-state index is 0.147. The van der Waals surface area contributed by atoms with Crippen molar-refractivity contribution in [1.82, 2.24) is 5.32 Å². The molecule has 0 aliphatic heterocycles. The first-order valence-corrected chi connectivity index (χ1v) is 6.21. The summed E-state index contributed by atoms with van der Waals surface area (Å²) in [7, 11) is 0. The SMILES string of the molecule is CC(C)C(Cc1cccc([N+](=O)[O-])c1)NCCN. The average molecular weight is 251 g/mol. The van der Waals surface area contributed by atoms with Crippen molar-refractivity contribution in [3.63, 3.8) is 0 Å². The third kappa shape index (κ3) is 4.43. The molecule has 5 nitrogen and oxygen atoms in total. The normalized spacial score (nSPS) is 12.7. The molecule has 0 amide bonds. The van der Waals surface area contributed by atoms with E-state index >= 15 is 0 Å². The van der Waals surface area contributed by atoms with Gasteiger partial charge in [0.15, 0.2) is 0 Å². The molecule has 1 aromatic rings. The summed E-state index contributed by atoms with van der Waals surface area (Å²) in [6.07, 6.45) is 0.777. The standard InChI is InChI=1S/C13H21N3O2/c1-10(2)13(15-7-6-14)9-11-4-3-5-12(8-11)16(17)18/h3-5,8,10,13,15H,6-7,9,14H2,1-2H3. The van der Waals surface area contributed by atoms with Crippen LogP contribution in [0, 0.1) is 16.0 Å². The highest BCUT2D eigenvalue weighted by atomic mass is 16.6. The van der Waals surface area contributed by atoms with Gasteiger partial charge in [-0.05, 0) is 17.9 Å². The molecule has 0 heterocycles. The van der Waals surface area contributed by atoms with Gasteiger partial charge >= 0.3 is 0 Å². The van der Waals surface area contributed by atoms with Crippen LogP contribution in [0.15, 0.2) is 24.3 Å².